The predicted octanol–water partition coefficient (Wildman–Crippen LogP) is 4.30. The van der Waals surface area contributed by atoms with E-state index in [0.29, 0.717) is 24.0 Å². The Hall–Kier alpha value is -1.36. The van der Waals surface area contributed by atoms with E-state index in [-0.39, 0.29) is 5.41 Å². The Balaban J connectivity index is 3.02. The first kappa shape index (κ1) is 17.7. The summed E-state index contributed by atoms with van der Waals surface area (Å²) in [6, 6.07) is 5.72. The molecule has 0 radical (unpaired) electrons. The molecule has 0 spiro atoms. The van der Waals surface area contributed by atoms with Crippen molar-refractivity contribution in [2.45, 2.75) is 51.3 Å². The average Bonchev–Trinajstić information content (AvgIpc) is 2.29. The summed E-state index contributed by atoms with van der Waals surface area (Å²) in [6.45, 7) is 11.2. The van der Waals surface area contributed by atoms with Crippen molar-refractivity contribution in [3.8, 4) is 0 Å². The van der Waals surface area contributed by atoms with Crippen LogP contribution in [0.4, 0.5) is 10.5 Å². The summed E-state index contributed by atoms with van der Waals surface area (Å²) in [7, 11) is 0. The summed E-state index contributed by atoms with van der Waals surface area (Å²) in [5.74, 6) is 0. The van der Waals surface area contributed by atoms with Gasteiger partial charge in [0.05, 0.1) is 6.54 Å². The monoisotopic (exact) mass is 310 g/mol. The number of rotatable bonds is 5. The first-order chi connectivity index (χ1) is 9.58. The molecule has 0 atom stereocenters. The maximum absolute atomic E-state index is 11.5. The van der Waals surface area contributed by atoms with Crippen molar-refractivity contribution in [3.63, 3.8) is 0 Å². The molecule has 3 N–H and O–H groups in total. The highest BCUT2D eigenvalue weighted by atomic mass is 32.2. The Kier molecular flexibility index (Phi) is 5.96. The molecule has 0 saturated carbocycles. The van der Waals surface area contributed by atoms with Crippen LogP contribution in [0.3, 0.4) is 0 Å². The van der Waals surface area contributed by atoms with Crippen LogP contribution in [-0.4, -0.2) is 27.9 Å². The molecule has 0 aliphatic rings. The van der Waals surface area contributed by atoms with Crippen molar-refractivity contribution in [2.24, 2.45) is 5.41 Å². The largest absolute Gasteiger partial charge is 0.465 e. The van der Waals surface area contributed by atoms with Gasteiger partial charge in [-0.2, -0.15) is 0 Å². The highest BCUT2D eigenvalue weighted by Crippen LogP contribution is 2.30. The van der Waals surface area contributed by atoms with Crippen LogP contribution in [0.1, 0.15) is 40.2 Å². The minimum atomic E-state index is -0.896. The average molecular weight is 310 g/mol. The summed E-state index contributed by atoms with van der Waals surface area (Å²) < 4.78 is 0. The van der Waals surface area contributed by atoms with E-state index in [0.717, 1.165) is 10.5 Å². The second-order valence-electron chi connectivity index (χ2n) is 6.73. The van der Waals surface area contributed by atoms with E-state index in [9.17, 15) is 9.90 Å². The van der Waals surface area contributed by atoms with Crippen LogP contribution in [0.2, 0.25) is 0 Å². The normalized spacial score (nSPS) is 11.7. The van der Waals surface area contributed by atoms with Crippen LogP contribution >= 0.6 is 11.8 Å². The number of amides is 1. The molecule has 0 aliphatic heterocycles. The van der Waals surface area contributed by atoms with Gasteiger partial charge in [0.2, 0.25) is 0 Å². The number of nitrogen functional groups attached to an aromatic ring is 1. The molecule has 0 aromatic heterocycles. The van der Waals surface area contributed by atoms with Gasteiger partial charge in [-0.3, -0.25) is 0 Å². The van der Waals surface area contributed by atoms with Gasteiger partial charge in [0, 0.05) is 22.4 Å². The molecule has 1 aromatic rings. The number of anilines is 1. The molecule has 21 heavy (non-hydrogen) atoms. The van der Waals surface area contributed by atoms with Crippen molar-refractivity contribution >= 4 is 23.5 Å². The Labute approximate surface area is 131 Å². The van der Waals surface area contributed by atoms with Gasteiger partial charge in [-0.15, -0.1) is 11.8 Å². The number of hydrogen-bond acceptors (Lipinski definition) is 3. The van der Waals surface area contributed by atoms with Crippen molar-refractivity contribution in [2.75, 3.05) is 12.3 Å². The molecule has 0 unspecified atom stereocenters. The fraction of sp³-hybridized carbons (Fsp3) is 0.562. The third kappa shape index (κ3) is 6.29. The highest BCUT2D eigenvalue weighted by Gasteiger charge is 2.21. The van der Waals surface area contributed by atoms with Crippen LogP contribution in [0.25, 0.3) is 0 Å². The van der Waals surface area contributed by atoms with E-state index >= 15 is 0 Å². The van der Waals surface area contributed by atoms with E-state index in [2.05, 4.69) is 13.8 Å². The predicted molar refractivity (Wildman–Crippen MR) is 89.7 cm³/mol. The van der Waals surface area contributed by atoms with Gasteiger partial charge in [-0.25, -0.2) is 4.79 Å². The Morgan fingerprint density at radius 1 is 1.38 bits per heavy atom. The molecule has 0 aliphatic carbocycles. The minimum Gasteiger partial charge on any atom is -0.465 e. The third-order valence-corrected chi connectivity index (χ3v) is 3.87. The van der Waals surface area contributed by atoms with E-state index < -0.39 is 6.09 Å². The molecule has 1 rings (SSSR count). The van der Waals surface area contributed by atoms with Gasteiger partial charge >= 0.3 is 6.09 Å². The SMILES string of the molecule is CC(C)Sc1ccc(N)cc1CN(CC(C)(C)C)C(=O)O. The zero-order valence-electron chi connectivity index (χ0n) is 13.5. The topological polar surface area (TPSA) is 66.6 Å². The lowest BCUT2D eigenvalue weighted by Crippen LogP contribution is -2.36. The molecule has 118 valence electrons. The van der Waals surface area contributed by atoms with Gasteiger partial charge in [-0.1, -0.05) is 34.6 Å². The third-order valence-electron chi connectivity index (χ3n) is 2.74. The summed E-state index contributed by atoms with van der Waals surface area (Å²) in [5, 5.41) is 9.87. The Morgan fingerprint density at radius 2 is 2.00 bits per heavy atom. The standard InChI is InChI=1S/C16H26N2O2S/c1-11(2)21-14-7-6-13(17)8-12(14)9-18(15(19)20)10-16(3,4)5/h6-8,11H,9-10,17H2,1-5H3,(H,19,20). The summed E-state index contributed by atoms with van der Waals surface area (Å²) in [4.78, 5) is 14.0. The van der Waals surface area contributed by atoms with E-state index in [4.69, 9.17) is 5.73 Å². The highest BCUT2D eigenvalue weighted by molar-refractivity contribution is 8.00. The summed E-state index contributed by atoms with van der Waals surface area (Å²) in [5.41, 5.74) is 7.42. The molecule has 5 heteroatoms. The van der Waals surface area contributed by atoms with E-state index in [1.165, 1.54) is 4.90 Å². The number of nitrogens with two attached hydrogens (primary N) is 1. The van der Waals surface area contributed by atoms with Crippen LogP contribution in [-0.2, 0) is 6.54 Å². The number of carbonyl (C=O) groups is 1. The van der Waals surface area contributed by atoms with Gasteiger partial charge in [0.15, 0.2) is 0 Å². The molecular formula is C16H26N2O2S. The number of hydrogen-bond donors (Lipinski definition) is 2. The maximum Gasteiger partial charge on any atom is 0.407 e. The first-order valence-electron chi connectivity index (χ1n) is 7.11. The number of carboxylic acid groups (broad SMARTS) is 1. The first-order valence-corrected chi connectivity index (χ1v) is 7.99. The quantitative estimate of drug-likeness (QED) is 0.628. The zero-order valence-corrected chi connectivity index (χ0v) is 14.3. The molecule has 0 fully saturated rings. The van der Waals surface area contributed by atoms with Gasteiger partial charge < -0.3 is 15.7 Å². The molecule has 0 saturated heterocycles. The van der Waals surface area contributed by atoms with Gasteiger partial charge in [-0.05, 0) is 29.2 Å². The Bertz CT molecular complexity index is 496. The lowest BCUT2D eigenvalue weighted by Gasteiger charge is -2.28. The molecular weight excluding hydrogens is 284 g/mol. The summed E-state index contributed by atoms with van der Waals surface area (Å²) >= 11 is 1.73. The molecule has 4 nitrogen and oxygen atoms in total. The zero-order chi connectivity index (χ0) is 16.2. The van der Waals surface area contributed by atoms with Gasteiger partial charge in [0.1, 0.15) is 0 Å². The second kappa shape index (κ2) is 7.07. The van der Waals surface area contributed by atoms with Crippen molar-refractivity contribution < 1.29 is 9.90 Å². The van der Waals surface area contributed by atoms with Crippen LogP contribution < -0.4 is 5.73 Å². The van der Waals surface area contributed by atoms with Crippen LogP contribution in [0, 0.1) is 5.41 Å². The fourth-order valence-corrected chi connectivity index (χ4v) is 2.99. The Morgan fingerprint density at radius 3 is 2.48 bits per heavy atom. The molecule has 1 aromatic carbocycles. The van der Waals surface area contributed by atoms with E-state index in [1.807, 2.05) is 39.0 Å². The number of thioether (sulfide) groups is 1. The lowest BCUT2D eigenvalue weighted by molar-refractivity contribution is 0.122. The summed E-state index contributed by atoms with van der Waals surface area (Å²) in [6.07, 6.45) is -0.896. The maximum atomic E-state index is 11.5. The lowest BCUT2D eigenvalue weighted by atomic mass is 9.96. The second-order valence-corrected chi connectivity index (χ2v) is 8.35. The smallest absolute Gasteiger partial charge is 0.407 e. The fourth-order valence-electron chi connectivity index (χ4n) is 2.06. The number of benzene rings is 1. The van der Waals surface area contributed by atoms with Crippen LogP contribution in [0.5, 0.6) is 0 Å². The van der Waals surface area contributed by atoms with Crippen molar-refractivity contribution in [1.29, 1.82) is 0 Å². The van der Waals surface area contributed by atoms with Crippen molar-refractivity contribution in [1.82, 2.24) is 4.90 Å². The molecule has 0 heterocycles. The minimum absolute atomic E-state index is 0.0793. The number of nitrogens with zero attached hydrogens (tertiary/aromatic N) is 1. The molecule has 0 bridgehead atoms. The van der Waals surface area contributed by atoms with E-state index in [1.54, 1.807) is 11.8 Å². The van der Waals surface area contributed by atoms with Crippen LogP contribution in [0.15, 0.2) is 23.1 Å². The van der Waals surface area contributed by atoms with Gasteiger partial charge in [0.25, 0.3) is 0 Å². The van der Waals surface area contributed by atoms with Crippen molar-refractivity contribution in [3.05, 3.63) is 23.8 Å². The molecule has 1 amide bonds.